The summed E-state index contributed by atoms with van der Waals surface area (Å²) in [7, 11) is 0. The van der Waals surface area contributed by atoms with E-state index in [0.29, 0.717) is 16.7 Å². The van der Waals surface area contributed by atoms with E-state index in [0.717, 1.165) is 37.5 Å². The predicted molar refractivity (Wildman–Crippen MR) is 95.0 cm³/mol. The lowest BCUT2D eigenvalue weighted by Gasteiger charge is -2.48. The summed E-state index contributed by atoms with van der Waals surface area (Å²) < 4.78 is 0. The van der Waals surface area contributed by atoms with Crippen LogP contribution in [0.3, 0.4) is 0 Å². The van der Waals surface area contributed by atoms with E-state index in [1.54, 1.807) is 0 Å². The van der Waals surface area contributed by atoms with Crippen molar-refractivity contribution in [1.82, 2.24) is 0 Å². The molecule has 0 aromatic rings. The van der Waals surface area contributed by atoms with Crippen molar-refractivity contribution in [3.8, 4) is 0 Å². The third-order valence-electron chi connectivity index (χ3n) is 8.29. The zero-order valence-corrected chi connectivity index (χ0v) is 15.6. The van der Waals surface area contributed by atoms with E-state index in [4.69, 9.17) is 0 Å². The predicted octanol–water partition coefficient (Wildman–Crippen LogP) is 4.55. The van der Waals surface area contributed by atoms with Gasteiger partial charge in [0, 0.05) is 12.0 Å². The molecule has 2 nitrogen and oxygen atoms in total. The molecule has 0 radical (unpaired) electrons. The summed E-state index contributed by atoms with van der Waals surface area (Å²) in [5, 5.41) is 20.5. The van der Waals surface area contributed by atoms with Gasteiger partial charge in [-0.15, -0.1) is 6.58 Å². The Labute approximate surface area is 142 Å². The highest BCUT2D eigenvalue weighted by molar-refractivity contribution is 5.34. The van der Waals surface area contributed by atoms with Crippen LogP contribution in [-0.2, 0) is 0 Å². The number of aliphatic hydroxyl groups is 2. The molecule has 0 aromatic heterocycles. The van der Waals surface area contributed by atoms with Crippen molar-refractivity contribution in [1.29, 1.82) is 0 Å². The van der Waals surface area contributed by atoms with Crippen LogP contribution in [0.2, 0.25) is 0 Å². The molecular weight excluding hydrogens is 284 g/mol. The molecule has 23 heavy (non-hydrogen) atoms. The lowest BCUT2D eigenvalue weighted by atomic mass is 9.57. The Morgan fingerprint density at radius 2 is 1.96 bits per heavy atom. The van der Waals surface area contributed by atoms with Gasteiger partial charge in [-0.25, -0.2) is 0 Å². The van der Waals surface area contributed by atoms with E-state index in [9.17, 15) is 10.2 Å². The third-order valence-corrected chi connectivity index (χ3v) is 8.29. The van der Waals surface area contributed by atoms with Gasteiger partial charge in [0.2, 0.25) is 0 Å². The molecule has 0 saturated heterocycles. The minimum atomic E-state index is -0.183. The minimum absolute atomic E-state index is 0.0469. The zero-order valence-electron chi connectivity index (χ0n) is 15.6. The molecular formula is C21H36O2. The Balaban J connectivity index is 2.03. The van der Waals surface area contributed by atoms with E-state index in [-0.39, 0.29) is 18.1 Å². The summed E-state index contributed by atoms with van der Waals surface area (Å²) in [6.45, 7) is 13.9. The maximum Gasteiger partial charge on any atom is 0.0605 e. The summed E-state index contributed by atoms with van der Waals surface area (Å²) in [5.41, 5.74) is 1.95. The van der Waals surface area contributed by atoms with Crippen LogP contribution in [0.5, 0.6) is 0 Å². The lowest BCUT2D eigenvalue weighted by Crippen LogP contribution is -2.44. The summed E-state index contributed by atoms with van der Waals surface area (Å²) in [6, 6.07) is 0. The molecule has 0 aromatic carbocycles. The van der Waals surface area contributed by atoms with Crippen LogP contribution in [0.4, 0.5) is 0 Å². The molecule has 0 aliphatic heterocycles. The van der Waals surface area contributed by atoms with Gasteiger partial charge in [-0.3, -0.25) is 0 Å². The fourth-order valence-corrected chi connectivity index (χ4v) is 7.71. The van der Waals surface area contributed by atoms with Crippen molar-refractivity contribution in [2.24, 2.45) is 34.0 Å². The molecule has 0 heterocycles. The second-order valence-corrected chi connectivity index (χ2v) is 9.41. The topological polar surface area (TPSA) is 40.5 Å². The number of hydrogen-bond donors (Lipinski definition) is 2. The first-order valence-electron chi connectivity index (χ1n) is 9.71. The van der Waals surface area contributed by atoms with Gasteiger partial charge in [-0.2, -0.15) is 0 Å². The maximum absolute atomic E-state index is 11.0. The first-order valence-corrected chi connectivity index (χ1v) is 9.71. The van der Waals surface area contributed by atoms with Gasteiger partial charge in [0.15, 0.2) is 0 Å². The summed E-state index contributed by atoms with van der Waals surface area (Å²) >= 11 is 0. The standard InChI is InChI=1S/C21H36O2/c1-14(2)13-17-20(9-6-12-22)18(23)8-10-19(5)16(15(3)4)7-11-21(17,19)20/h15-18,22-23H,1,6-13H2,2-5H3/t16-,17-,18+,19-,20+,21-/m0/s1. The van der Waals surface area contributed by atoms with Gasteiger partial charge in [0.05, 0.1) is 6.10 Å². The average Bonchev–Trinajstić information content (AvgIpc) is 2.89. The normalized spacial score (nSPS) is 48.2. The Bertz CT molecular complexity index is 484. The molecule has 1 spiro atoms. The van der Waals surface area contributed by atoms with Gasteiger partial charge in [0.1, 0.15) is 0 Å². The summed E-state index contributed by atoms with van der Waals surface area (Å²) in [4.78, 5) is 0. The maximum atomic E-state index is 11.0. The second-order valence-electron chi connectivity index (χ2n) is 9.41. The van der Waals surface area contributed by atoms with E-state index in [1.807, 2.05) is 0 Å². The van der Waals surface area contributed by atoms with Crippen molar-refractivity contribution in [2.45, 2.75) is 78.7 Å². The molecule has 3 saturated carbocycles. The SMILES string of the molecule is C=C(C)C[C@H]1[C@]2(CCCO)[C@H](O)CC[C@@]3(C)[C@H](C(C)C)CC[C@@]123. The molecule has 6 atom stereocenters. The first kappa shape index (κ1) is 17.5. The van der Waals surface area contributed by atoms with E-state index >= 15 is 0 Å². The monoisotopic (exact) mass is 320 g/mol. The molecule has 3 fully saturated rings. The van der Waals surface area contributed by atoms with Crippen molar-refractivity contribution < 1.29 is 10.2 Å². The fourth-order valence-electron chi connectivity index (χ4n) is 7.71. The van der Waals surface area contributed by atoms with Crippen molar-refractivity contribution in [2.75, 3.05) is 6.61 Å². The highest BCUT2D eigenvalue weighted by Crippen LogP contribution is 2.89. The number of hydrogen-bond acceptors (Lipinski definition) is 2. The van der Waals surface area contributed by atoms with Crippen LogP contribution >= 0.6 is 0 Å². The van der Waals surface area contributed by atoms with Crippen LogP contribution in [0, 0.1) is 34.0 Å². The highest BCUT2D eigenvalue weighted by atomic mass is 16.3. The molecule has 0 amide bonds. The summed E-state index contributed by atoms with van der Waals surface area (Å²) in [5.74, 6) is 2.07. The van der Waals surface area contributed by atoms with Crippen LogP contribution < -0.4 is 0 Å². The fraction of sp³-hybridized carbons (Fsp3) is 0.905. The Hall–Kier alpha value is -0.340. The highest BCUT2D eigenvalue weighted by Gasteiger charge is 2.86. The Morgan fingerprint density at radius 1 is 1.26 bits per heavy atom. The van der Waals surface area contributed by atoms with Gasteiger partial charge >= 0.3 is 0 Å². The van der Waals surface area contributed by atoms with E-state index < -0.39 is 0 Å². The Morgan fingerprint density at radius 3 is 2.52 bits per heavy atom. The van der Waals surface area contributed by atoms with Gasteiger partial charge < -0.3 is 10.2 Å². The quantitative estimate of drug-likeness (QED) is 0.705. The van der Waals surface area contributed by atoms with E-state index in [2.05, 4.69) is 34.3 Å². The number of allylic oxidation sites excluding steroid dienone is 1. The van der Waals surface area contributed by atoms with Crippen LogP contribution in [0.1, 0.15) is 72.6 Å². The lowest BCUT2D eigenvalue weighted by molar-refractivity contribution is -0.0528. The van der Waals surface area contributed by atoms with Crippen LogP contribution in [0.25, 0.3) is 0 Å². The van der Waals surface area contributed by atoms with Gasteiger partial charge in [-0.1, -0.05) is 26.3 Å². The molecule has 3 aliphatic carbocycles. The number of aliphatic hydroxyl groups excluding tert-OH is 2. The molecule has 3 rings (SSSR count). The number of rotatable bonds is 6. The average molecular weight is 321 g/mol. The molecule has 0 bridgehead atoms. The van der Waals surface area contributed by atoms with Crippen molar-refractivity contribution in [3.05, 3.63) is 12.2 Å². The van der Waals surface area contributed by atoms with E-state index in [1.165, 1.54) is 24.8 Å². The molecule has 2 heteroatoms. The summed E-state index contributed by atoms with van der Waals surface area (Å²) in [6.07, 6.45) is 7.39. The molecule has 132 valence electrons. The first-order chi connectivity index (χ1) is 10.8. The van der Waals surface area contributed by atoms with Crippen LogP contribution in [0.15, 0.2) is 12.2 Å². The third kappa shape index (κ3) is 2.00. The van der Waals surface area contributed by atoms with Gasteiger partial charge in [0.25, 0.3) is 0 Å². The van der Waals surface area contributed by atoms with Gasteiger partial charge in [-0.05, 0) is 80.5 Å². The zero-order chi connectivity index (χ0) is 17.0. The largest absolute Gasteiger partial charge is 0.396 e. The van der Waals surface area contributed by atoms with Crippen molar-refractivity contribution in [3.63, 3.8) is 0 Å². The molecule has 0 unspecified atom stereocenters. The van der Waals surface area contributed by atoms with Crippen molar-refractivity contribution >= 4 is 0 Å². The molecule has 3 aliphatic rings. The minimum Gasteiger partial charge on any atom is -0.396 e. The second kappa shape index (κ2) is 5.59. The molecule has 2 N–H and O–H groups in total. The smallest absolute Gasteiger partial charge is 0.0605 e. The Kier molecular flexibility index (Phi) is 4.25. The van der Waals surface area contributed by atoms with Crippen LogP contribution in [-0.4, -0.2) is 22.9 Å².